The molecule has 1 atom stereocenters. The lowest BCUT2D eigenvalue weighted by Crippen LogP contribution is -2.30. The van der Waals surface area contributed by atoms with E-state index < -0.39 is 12.1 Å². The lowest BCUT2D eigenvalue weighted by atomic mass is 10.0. The highest BCUT2D eigenvalue weighted by Crippen LogP contribution is 2.10. The second-order valence-electron chi connectivity index (χ2n) is 6.24. The Morgan fingerprint density at radius 2 is 1.81 bits per heavy atom. The topological polar surface area (TPSA) is 78.3 Å². The Kier molecular flexibility index (Phi) is 5.45. The van der Waals surface area contributed by atoms with Gasteiger partial charge in [0.1, 0.15) is 6.54 Å². The standard InChI is InChI=1S/C21H20N2O4/c1-3-15-8-10-16(11-9-15)20(25)14(2)27-19(24)12-23-13-22-18-7-5-4-6-17(18)21(23)26/h4-11,13-14H,3,12H2,1-2H3/t14-/m1/s1. The fourth-order valence-corrected chi connectivity index (χ4v) is 2.79. The third kappa shape index (κ3) is 4.11. The molecule has 0 saturated heterocycles. The number of para-hydroxylation sites is 1. The number of hydrogen-bond donors (Lipinski definition) is 0. The summed E-state index contributed by atoms with van der Waals surface area (Å²) in [6.45, 7) is 3.25. The first-order chi connectivity index (χ1) is 13.0. The van der Waals surface area contributed by atoms with Crippen molar-refractivity contribution in [3.05, 3.63) is 76.3 Å². The molecule has 0 N–H and O–H groups in total. The fraction of sp³-hybridized carbons (Fsp3) is 0.238. The van der Waals surface area contributed by atoms with Crippen LogP contribution in [0.25, 0.3) is 10.9 Å². The summed E-state index contributed by atoms with van der Waals surface area (Å²) in [5.41, 5.74) is 1.84. The van der Waals surface area contributed by atoms with Crippen LogP contribution in [0.5, 0.6) is 0 Å². The van der Waals surface area contributed by atoms with E-state index >= 15 is 0 Å². The molecule has 0 aliphatic carbocycles. The van der Waals surface area contributed by atoms with Crippen molar-refractivity contribution in [2.75, 3.05) is 0 Å². The Hall–Kier alpha value is -3.28. The summed E-state index contributed by atoms with van der Waals surface area (Å²) in [6, 6.07) is 14.1. The van der Waals surface area contributed by atoms with Gasteiger partial charge >= 0.3 is 5.97 Å². The molecule has 6 nitrogen and oxygen atoms in total. The number of aromatic nitrogens is 2. The highest BCUT2D eigenvalue weighted by molar-refractivity contribution is 6.00. The molecule has 3 rings (SSSR count). The number of benzene rings is 2. The molecule has 0 spiro atoms. The molecule has 0 aliphatic rings. The number of Topliss-reactive ketones (excluding diaryl/α,β-unsaturated/α-hetero) is 1. The van der Waals surface area contributed by atoms with Gasteiger partial charge in [-0.3, -0.25) is 19.0 Å². The summed E-state index contributed by atoms with van der Waals surface area (Å²) in [7, 11) is 0. The van der Waals surface area contributed by atoms with Gasteiger partial charge in [0, 0.05) is 5.56 Å². The maximum atomic E-state index is 12.4. The lowest BCUT2D eigenvalue weighted by molar-refractivity contribution is -0.147. The monoisotopic (exact) mass is 364 g/mol. The first-order valence-corrected chi connectivity index (χ1v) is 8.76. The molecule has 1 heterocycles. The molecule has 6 heteroatoms. The van der Waals surface area contributed by atoms with Gasteiger partial charge in [-0.1, -0.05) is 43.3 Å². The van der Waals surface area contributed by atoms with Gasteiger partial charge in [0.25, 0.3) is 5.56 Å². The van der Waals surface area contributed by atoms with Crippen molar-refractivity contribution in [3.63, 3.8) is 0 Å². The van der Waals surface area contributed by atoms with Crippen molar-refractivity contribution in [2.45, 2.75) is 32.9 Å². The van der Waals surface area contributed by atoms with Crippen LogP contribution in [0.2, 0.25) is 0 Å². The maximum absolute atomic E-state index is 12.4. The van der Waals surface area contributed by atoms with E-state index in [1.54, 1.807) is 36.4 Å². The summed E-state index contributed by atoms with van der Waals surface area (Å²) in [5.74, 6) is -0.949. The van der Waals surface area contributed by atoms with Crippen molar-refractivity contribution in [3.8, 4) is 0 Å². The van der Waals surface area contributed by atoms with Crippen LogP contribution in [0.1, 0.15) is 29.8 Å². The van der Waals surface area contributed by atoms with Gasteiger partial charge in [-0.15, -0.1) is 0 Å². The van der Waals surface area contributed by atoms with Gasteiger partial charge in [-0.2, -0.15) is 0 Å². The van der Waals surface area contributed by atoms with Crippen molar-refractivity contribution in [1.82, 2.24) is 9.55 Å². The molecule has 138 valence electrons. The molecule has 1 aromatic heterocycles. The summed E-state index contributed by atoms with van der Waals surface area (Å²) in [5, 5.41) is 0.424. The Labute approximate surface area is 156 Å². The van der Waals surface area contributed by atoms with E-state index in [0.717, 1.165) is 12.0 Å². The zero-order chi connectivity index (χ0) is 19.4. The average molecular weight is 364 g/mol. The van der Waals surface area contributed by atoms with E-state index in [2.05, 4.69) is 4.98 Å². The van der Waals surface area contributed by atoms with E-state index in [1.165, 1.54) is 17.8 Å². The number of nitrogens with zero attached hydrogens (tertiary/aromatic N) is 2. The highest BCUT2D eigenvalue weighted by atomic mass is 16.5. The van der Waals surface area contributed by atoms with Crippen molar-refractivity contribution < 1.29 is 14.3 Å². The van der Waals surface area contributed by atoms with Crippen molar-refractivity contribution >= 4 is 22.7 Å². The summed E-state index contributed by atoms with van der Waals surface area (Å²) < 4.78 is 6.40. The van der Waals surface area contributed by atoms with Crippen LogP contribution >= 0.6 is 0 Å². The van der Waals surface area contributed by atoms with Gasteiger partial charge in [-0.05, 0) is 31.0 Å². The van der Waals surface area contributed by atoms with Crippen LogP contribution in [0.3, 0.4) is 0 Å². The summed E-state index contributed by atoms with van der Waals surface area (Å²) in [4.78, 5) is 41.2. The van der Waals surface area contributed by atoms with Gasteiger partial charge in [0.05, 0.1) is 17.2 Å². The normalized spacial score (nSPS) is 11.9. The van der Waals surface area contributed by atoms with Crippen molar-refractivity contribution in [1.29, 1.82) is 0 Å². The lowest BCUT2D eigenvalue weighted by Gasteiger charge is -2.13. The third-order valence-electron chi connectivity index (χ3n) is 4.36. The van der Waals surface area contributed by atoms with Crippen LogP contribution in [0, 0.1) is 0 Å². The van der Waals surface area contributed by atoms with Crippen molar-refractivity contribution in [2.24, 2.45) is 0 Å². The number of ketones is 1. The fourth-order valence-electron chi connectivity index (χ4n) is 2.79. The molecule has 0 fully saturated rings. The molecular weight excluding hydrogens is 344 g/mol. The van der Waals surface area contributed by atoms with E-state index in [1.807, 2.05) is 19.1 Å². The number of carbonyl (C=O) groups is 2. The van der Waals surface area contributed by atoms with E-state index in [-0.39, 0.29) is 17.9 Å². The zero-order valence-electron chi connectivity index (χ0n) is 15.2. The average Bonchev–Trinajstić information content (AvgIpc) is 2.69. The smallest absolute Gasteiger partial charge is 0.326 e. The second-order valence-corrected chi connectivity index (χ2v) is 6.24. The minimum atomic E-state index is -0.936. The number of esters is 1. The Morgan fingerprint density at radius 3 is 2.52 bits per heavy atom. The van der Waals surface area contributed by atoms with Crippen LogP contribution in [0.4, 0.5) is 0 Å². The predicted molar refractivity (Wildman–Crippen MR) is 102 cm³/mol. The quantitative estimate of drug-likeness (QED) is 0.496. The summed E-state index contributed by atoms with van der Waals surface area (Å²) in [6.07, 6.45) is 1.25. The number of ether oxygens (including phenoxy) is 1. The molecular formula is C21H20N2O4. The van der Waals surface area contributed by atoms with Gasteiger partial charge in [0.15, 0.2) is 6.10 Å². The largest absolute Gasteiger partial charge is 0.453 e. The van der Waals surface area contributed by atoms with E-state index in [0.29, 0.717) is 16.5 Å². The number of rotatable bonds is 6. The molecule has 0 radical (unpaired) electrons. The Morgan fingerprint density at radius 1 is 1.11 bits per heavy atom. The molecule has 3 aromatic rings. The van der Waals surface area contributed by atoms with Crippen LogP contribution in [0.15, 0.2) is 59.7 Å². The maximum Gasteiger partial charge on any atom is 0.326 e. The molecule has 0 aliphatic heterocycles. The minimum absolute atomic E-state index is 0.282. The third-order valence-corrected chi connectivity index (χ3v) is 4.36. The second kappa shape index (κ2) is 7.95. The molecule has 0 unspecified atom stereocenters. The molecule has 27 heavy (non-hydrogen) atoms. The van der Waals surface area contributed by atoms with E-state index in [4.69, 9.17) is 4.74 Å². The highest BCUT2D eigenvalue weighted by Gasteiger charge is 2.20. The number of hydrogen-bond acceptors (Lipinski definition) is 5. The van der Waals surface area contributed by atoms with E-state index in [9.17, 15) is 14.4 Å². The van der Waals surface area contributed by atoms with Crippen LogP contribution in [-0.4, -0.2) is 27.4 Å². The molecule has 2 aromatic carbocycles. The van der Waals surface area contributed by atoms with Crippen LogP contribution < -0.4 is 5.56 Å². The molecule has 0 bridgehead atoms. The minimum Gasteiger partial charge on any atom is -0.453 e. The number of fused-ring (bicyclic) bond motifs is 1. The SMILES string of the molecule is CCc1ccc(C(=O)[C@@H](C)OC(=O)Cn2cnc3ccccc3c2=O)cc1. The number of carbonyl (C=O) groups excluding carboxylic acids is 2. The predicted octanol–water partition coefficient (Wildman–Crippen LogP) is 2.77. The van der Waals surface area contributed by atoms with Gasteiger partial charge in [-0.25, -0.2) is 4.98 Å². The van der Waals surface area contributed by atoms with Gasteiger partial charge < -0.3 is 4.74 Å². The Bertz CT molecular complexity index is 1040. The zero-order valence-corrected chi connectivity index (χ0v) is 15.2. The van der Waals surface area contributed by atoms with Gasteiger partial charge in [0.2, 0.25) is 5.78 Å². The van der Waals surface area contributed by atoms with Crippen LogP contribution in [-0.2, 0) is 22.5 Å². The molecule has 0 saturated carbocycles. The molecule has 0 amide bonds. The summed E-state index contributed by atoms with van der Waals surface area (Å²) >= 11 is 0. The Balaban J connectivity index is 1.69. The first kappa shape index (κ1) is 18.5. The first-order valence-electron chi connectivity index (χ1n) is 8.76. The number of aryl methyl sites for hydroxylation is 1.